The number of aromatic nitrogens is 2. The van der Waals surface area contributed by atoms with Crippen LogP contribution in [0, 0.1) is 25.7 Å². The summed E-state index contributed by atoms with van der Waals surface area (Å²) in [5.41, 5.74) is 3.52. The molecule has 5 rings (SSSR count). The zero-order valence-electron chi connectivity index (χ0n) is 18.0. The van der Waals surface area contributed by atoms with Gasteiger partial charge in [0.05, 0.1) is 36.7 Å². The number of nitrogens with zero attached hydrogens (tertiary/aromatic N) is 4. The molecule has 2 aromatic rings. The number of rotatable bonds is 5. The second-order valence-corrected chi connectivity index (χ2v) is 8.92. The van der Waals surface area contributed by atoms with Crippen molar-refractivity contribution in [1.82, 2.24) is 19.8 Å². The van der Waals surface area contributed by atoms with Crippen LogP contribution in [-0.2, 0) is 27.4 Å². The Morgan fingerprint density at radius 1 is 1.32 bits per heavy atom. The molecule has 4 heterocycles. The Labute approximate surface area is 181 Å². The number of ether oxygens (including phenoxy) is 1. The monoisotopic (exact) mass is 418 g/mol. The molecule has 0 saturated carbocycles. The minimum Gasteiger partial charge on any atom is -0.360 e. The number of carbonyl (C=O) groups is 2. The zero-order valence-corrected chi connectivity index (χ0v) is 18.0. The Kier molecular flexibility index (Phi) is 4.66. The summed E-state index contributed by atoms with van der Waals surface area (Å²) in [6, 6.07) is 8.07. The third-order valence-electron chi connectivity index (χ3n) is 6.75. The average molecular weight is 418 g/mol. The molecule has 7 nitrogen and oxygen atoms in total. The molecule has 3 aliphatic heterocycles. The first-order valence-corrected chi connectivity index (χ1v) is 10.6. The van der Waals surface area contributed by atoms with Gasteiger partial charge in [0.25, 0.3) is 0 Å². The number of hydrogen-bond donors (Lipinski definition) is 0. The van der Waals surface area contributed by atoms with Crippen LogP contribution in [0.1, 0.15) is 22.4 Å². The van der Waals surface area contributed by atoms with Crippen molar-refractivity contribution < 1.29 is 14.3 Å². The van der Waals surface area contributed by atoms with Gasteiger partial charge < -0.3 is 14.5 Å². The maximum absolute atomic E-state index is 13.5. The smallest absolute Gasteiger partial charge is 0.230 e. The minimum absolute atomic E-state index is 0.00143. The van der Waals surface area contributed by atoms with Crippen molar-refractivity contribution in [3.63, 3.8) is 0 Å². The fourth-order valence-corrected chi connectivity index (χ4v) is 5.16. The van der Waals surface area contributed by atoms with Crippen molar-refractivity contribution in [1.29, 1.82) is 0 Å². The Morgan fingerprint density at radius 3 is 2.94 bits per heavy atom. The largest absolute Gasteiger partial charge is 0.360 e. The molecule has 3 aliphatic rings. The first-order chi connectivity index (χ1) is 14.9. The van der Waals surface area contributed by atoms with E-state index in [0.717, 1.165) is 16.8 Å². The molecule has 2 amide bonds. The second-order valence-electron chi connectivity index (χ2n) is 8.92. The van der Waals surface area contributed by atoms with Crippen LogP contribution in [0.4, 0.5) is 0 Å². The lowest BCUT2D eigenvalue weighted by molar-refractivity contribution is -0.143. The fraction of sp³-hybridized carbons (Fsp3) is 0.417. The molecule has 7 heteroatoms. The van der Waals surface area contributed by atoms with Crippen LogP contribution in [0.3, 0.4) is 0 Å². The van der Waals surface area contributed by atoms with Crippen molar-refractivity contribution in [2.24, 2.45) is 11.8 Å². The van der Waals surface area contributed by atoms with Gasteiger partial charge in [-0.2, -0.15) is 0 Å². The van der Waals surface area contributed by atoms with Crippen LogP contribution in [0.5, 0.6) is 0 Å². The molecule has 1 aromatic heterocycles. The topological polar surface area (TPSA) is 75.6 Å². The number of fused-ring (bicyclic) bond motifs is 1. The Morgan fingerprint density at radius 2 is 2.16 bits per heavy atom. The van der Waals surface area contributed by atoms with Gasteiger partial charge in [-0.25, -0.2) is 9.97 Å². The van der Waals surface area contributed by atoms with Crippen molar-refractivity contribution >= 4 is 11.8 Å². The van der Waals surface area contributed by atoms with E-state index in [9.17, 15) is 9.59 Å². The van der Waals surface area contributed by atoms with E-state index in [0.29, 0.717) is 19.6 Å². The van der Waals surface area contributed by atoms with E-state index in [1.165, 1.54) is 11.9 Å². The van der Waals surface area contributed by atoms with Gasteiger partial charge in [-0.05, 0) is 31.0 Å². The molecule has 0 aliphatic carbocycles. The first kappa shape index (κ1) is 19.9. The summed E-state index contributed by atoms with van der Waals surface area (Å²) in [4.78, 5) is 38.5. The van der Waals surface area contributed by atoms with E-state index in [4.69, 9.17) is 4.74 Å². The molecule has 31 heavy (non-hydrogen) atoms. The van der Waals surface area contributed by atoms with Gasteiger partial charge in [0.1, 0.15) is 11.9 Å². The van der Waals surface area contributed by atoms with Gasteiger partial charge in [-0.3, -0.25) is 9.59 Å². The lowest BCUT2D eigenvalue weighted by Gasteiger charge is -2.27. The molecule has 4 atom stereocenters. The quantitative estimate of drug-likeness (QED) is 0.695. The molecule has 0 N–H and O–H groups in total. The summed E-state index contributed by atoms with van der Waals surface area (Å²) in [5, 5.41) is 0. The summed E-state index contributed by atoms with van der Waals surface area (Å²) >= 11 is 0. The van der Waals surface area contributed by atoms with Crippen LogP contribution in [0.15, 0.2) is 48.9 Å². The highest BCUT2D eigenvalue weighted by molar-refractivity contribution is 5.93. The highest BCUT2D eigenvalue weighted by atomic mass is 16.5. The van der Waals surface area contributed by atoms with Gasteiger partial charge in [0.2, 0.25) is 11.8 Å². The number of carbonyl (C=O) groups excluding carboxylic acids is 2. The van der Waals surface area contributed by atoms with Gasteiger partial charge in [-0.15, -0.1) is 0 Å². The number of aryl methyl sites for hydroxylation is 2. The van der Waals surface area contributed by atoms with Crippen molar-refractivity contribution in [2.45, 2.75) is 38.6 Å². The summed E-state index contributed by atoms with van der Waals surface area (Å²) in [6.07, 6.45) is 6.73. The summed E-state index contributed by atoms with van der Waals surface area (Å²) < 4.78 is 6.26. The fourth-order valence-electron chi connectivity index (χ4n) is 5.16. The predicted octanol–water partition coefficient (Wildman–Crippen LogP) is 2.03. The van der Waals surface area contributed by atoms with Crippen LogP contribution in [0.25, 0.3) is 0 Å². The average Bonchev–Trinajstić information content (AvgIpc) is 3.39. The summed E-state index contributed by atoms with van der Waals surface area (Å²) in [6.45, 7) is 5.50. The van der Waals surface area contributed by atoms with E-state index in [1.807, 2.05) is 17.1 Å². The standard InChI is InChI=1S/C24H26N4O3/c1-15-4-5-16(2)17(10-15)11-28-13-24-8-6-19(31-24)20(21(24)23(28)30)22(29)27(3)12-18-7-9-25-14-26-18/h4-10,14,19-21H,11-13H2,1-3H3/t19-,20?,21?,24-/m1/s1. The molecular weight excluding hydrogens is 392 g/mol. The summed E-state index contributed by atoms with van der Waals surface area (Å²) in [5.74, 6) is -1.07. The predicted molar refractivity (Wildman–Crippen MR) is 114 cm³/mol. The Hall–Kier alpha value is -3.06. The van der Waals surface area contributed by atoms with Crippen LogP contribution >= 0.6 is 0 Å². The normalized spacial score (nSPS) is 28.3. The van der Waals surface area contributed by atoms with Gasteiger partial charge in [-0.1, -0.05) is 35.9 Å². The van der Waals surface area contributed by atoms with E-state index in [-0.39, 0.29) is 17.9 Å². The summed E-state index contributed by atoms with van der Waals surface area (Å²) in [7, 11) is 1.75. The molecule has 2 saturated heterocycles. The molecule has 1 spiro atoms. The molecule has 0 radical (unpaired) electrons. The van der Waals surface area contributed by atoms with Crippen LogP contribution in [-0.4, -0.2) is 56.9 Å². The minimum atomic E-state index is -0.699. The Balaban J connectivity index is 1.37. The first-order valence-electron chi connectivity index (χ1n) is 10.6. The number of benzene rings is 1. The number of hydrogen-bond acceptors (Lipinski definition) is 5. The van der Waals surface area contributed by atoms with E-state index >= 15 is 0 Å². The maximum atomic E-state index is 13.5. The zero-order chi connectivity index (χ0) is 21.8. The Bertz CT molecular complexity index is 1070. The van der Waals surface area contributed by atoms with Crippen LogP contribution in [0.2, 0.25) is 0 Å². The molecule has 2 unspecified atom stereocenters. The SMILES string of the molecule is Cc1ccc(C)c(CN2C[C@@]34C=C[C@@H](O3)C(C(=O)N(C)Cc3ccncn3)C4C2=O)c1. The third-order valence-corrected chi connectivity index (χ3v) is 6.75. The lowest BCUT2D eigenvalue weighted by Crippen LogP contribution is -2.44. The number of amides is 2. The van der Waals surface area contributed by atoms with Gasteiger partial charge >= 0.3 is 0 Å². The highest BCUT2D eigenvalue weighted by Gasteiger charge is 2.67. The van der Waals surface area contributed by atoms with E-state index in [1.54, 1.807) is 24.2 Å². The van der Waals surface area contributed by atoms with Gasteiger partial charge in [0.15, 0.2) is 0 Å². The lowest BCUT2D eigenvalue weighted by atomic mass is 9.76. The molecule has 2 bridgehead atoms. The molecular formula is C24H26N4O3. The van der Waals surface area contributed by atoms with Crippen molar-refractivity contribution in [3.05, 3.63) is 71.3 Å². The van der Waals surface area contributed by atoms with Crippen molar-refractivity contribution in [2.75, 3.05) is 13.6 Å². The third kappa shape index (κ3) is 3.24. The highest BCUT2D eigenvalue weighted by Crippen LogP contribution is 2.52. The molecule has 1 aromatic carbocycles. The van der Waals surface area contributed by atoms with Crippen LogP contribution < -0.4 is 0 Å². The molecule has 2 fully saturated rings. The number of likely N-dealkylation sites (tertiary alicyclic amines) is 1. The second kappa shape index (κ2) is 7.27. The molecule has 160 valence electrons. The van der Waals surface area contributed by atoms with E-state index < -0.39 is 17.4 Å². The maximum Gasteiger partial charge on any atom is 0.230 e. The van der Waals surface area contributed by atoms with E-state index in [2.05, 4.69) is 42.0 Å². The van der Waals surface area contributed by atoms with Gasteiger partial charge in [0, 0.05) is 19.8 Å². The van der Waals surface area contributed by atoms with Crippen molar-refractivity contribution in [3.8, 4) is 0 Å².